The average Bonchev–Trinajstić information content (AvgIpc) is 2.87. The molecule has 34 heavy (non-hydrogen) atoms. The quantitative estimate of drug-likeness (QED) is 0.516. The molecule has 1 N–H and O–H groups in total. The zero-order valence-corrected chi connectivity index (χ0v) is 18.8. The molecule has 6 nitrogen and oxygen atoms in total. The highest BCUT2D eigenvalue weighted by Gasteiger charge is 2.20. The summed E-state index contributed by atoms with van der Waals surface area (Å²) < 4.78 is 33.8. The van der Waals surface area contributed by atoms with Crippen molar-refractivity contribution < 1.29 is 23.1 Å². The number of amides is 1. The van der Waals surface area contributed by atoms with Crippen molar-refractivity contribution in [2.45, 2.75) is 25.8 Å². The Morgan fingerprint density at radius 3 is 2.56 bits per heavy atom. The van der Waals surface area contributed by atoms with E-state index in [9.17, 15) is 18.4 Å². The summed E-state index contributed by atoms with van der Waals surface area (Å²) in [7, 11) is 1.16. The fourth-order valence-corrected chi connectivity index (χ4v) is 4.06. The number of aromatic nitrogens is 1. The summed E-state index contributed by atoms with van der Waals surface area (Å²) in [6.07, 6.45) is 4.71. The number of rotatable bonds is 6. The number of carbonyl (C=O) groups is 2. The van der Waals surface area contributed by atoms with Crippen LogP contribution in [0.4, 0.5) is 14.6 Å². The van der Waals surface area contributed by atoms with Gasteiger partial charge in [-0.25, -0.2) is 18.6 Å². The van der Waals surface area contributed by atoms with Crippen molar-refractivity contribution >= 4 is 17.7 Å². The topological polar surface area (TPSA) is 71.5 Å². The molecule has 0 saturated carbocycles. The third-order valence-electron chi connectivity index (χ3n) is 5.88. The number of methoxy groups -OCH3 is 1. The molecule has 3 aromatic rings. The van der Waals surface area contributed by atoms with Crippen molar-refractivity contribution in [3.05, 3.63) is 83.1 Å². The van der Waals surface area contributed by atoms with Crippen LogP contribution in [-0.2, 0) is 11.3 Å². The van der Waals surface area contributed by atoms with Crippen LogP contribution >= 0.6 is 0 Å². The number of hydrogen-bond acceptors (Lipinski definition) is 5. The van der Waals surface area contributed by atoms with Crippen molar-refractivity contribution in [2.75, 3.05) is 25.5 Å². The van der Waals surface area contributed by atoms with Crippen LogP contribution in [0.2, 0.25) is 0 Å². The number of hydrogen-bond donors (Lipinski definition) is 1. The first-order valence-electron chi connectivity index (χ1n) is 11.1. The second-order valence-electron chi connectivity index (χ2n) is 8.10. The summed E-state index contributed by atoms with van der Waals surface area (Å²) >= 11 is 0. The van der Waals surface area contributed by atoms with Gasteiger partial charge >= 0.3 is 5.97 Å². The Hall–Kier alpha value is -3.81. The molecule has 0 spiro atoms. The lowest BCUT2D eigenvalue weighted by Crippen LogP contribution is -2.35. The standard InChI is InChI=1S/C26H25F2N3O3/c1-34-26(33)24-20(6-5-7-21(24)27)17-8-9-19(22(28)14-17)16-30-23-15-18(10-11-29-23)25(32)31-12-3-2-4-13-31/h5-11,14-15H,2-4,12-13,16H2,1H3,(H,29,30). The largest absolute Gasteiger partial charge is 0.465 e. The molecule has 0 bridgehead atoms. The zero-order chi connectivity index (χ0) is 24.1. The Labute approximate surface area is 196 Å². The Morgan fingerprint density at radius 1 is 1.03 bits per heavy atom. The van der Waals surface area contributed by atoms with Crippen molar-refractivity contribution in [1.29, 1.82) is 0 Å². The third-order valence-corrected chi connectivity index (χ3v) is 5.88. The minimum Gasteiger partial charge on any atom is -0.465 e. The van der Waals surface area contributed by atoms with E-state index in [2.05, 4.69) is 15.0 Å². The number of esters is 1. The van der Waals surface area contributed by atoms with Crippen molar-refractivity contribution in [3.8, 4) is 11.1 Å². The van der Waals surface area contributed by atoms with E-state index in [0.717, 1.165) is 45.5 Å². The molecule has 8 heteroatoms. The van der Waals surface area contributed by atoms with E-state index >= 15 is 0 Å². The van der Waals surface area contributed by atoms with E-state index in [1.165, 1.54) is 18.2 Å². The van der Waals surface area contributed by atoms with Gasteiger partial charge < -0.3 is 15.0 Å². The number of benzene rings is 2. The first-order chi connectivity index (χ1) is 16.5. The van der Waals surface area contributed by atoms with Crippen LogP contribution in [0.25, 0.3) is 11.1 Å². The number of ether oxygens (including phenoxy) is 1. The molecule has 1 fully saturated rings. The number of halogens is 2. The van der Waals surface area contributed by atoms with Gasteiger partial charge in [0.15, 0.2) is 0 Å². The lowest BCUT2D eigenvalue weighted by Gasteiger charge is -2.26. The van der Waals surface area contributed by atoms with E-state index in [-0.39, 0.29) is 23.6 Å². The minimum absolute atomic E-state index is 0.0304. The smallest absolute Gasteiger partial charge is 0.341 e. The number of anilines is 1. The molecule has 2 heterocycles. The number of nitrogens with one attached hydrogen (secondary N) is 1. The predicted octanol–water partition coefficient (Wildman–Crippen LogP) is 5.05. The maximum Gasteiger partial charge on any atom is 0.341 e. The lowest BCUT2D eigenvalue weighted by molar-refractivity contribution is 0.0596. The SMILES string of the molecule is COC(=O)c1c(F)cccc1-c1ccc(CNc2cc(C(=O)N3CCCCC3)ccn2)c(F)c1. The molecule has 1 saturated heterocycles. The van der Waals surface area contributed by atoms with Crippen LogP contribution in [0.5, 0.6) is 0 Å². The summed E-state index contributed by atoms with van der Waals surface area (Å²) in [4.78, 5) is 30.8. The van der Waals surface area contributed by atoms with Crippen LogP contribution in [0.3, 0.4) is 0 Å². The van der Waals surface area contributed by atoms with Gasteiger partial charge in [-0.1, -0.05) is 24.3 Å². The summed E-state index contributed by atoms with van der Waals surface area (Å²) in [5.41, 5.74) is 1.25. The van der Waals surface area contributed by atoms with Crippen LogP contribution in [0.15, 0.2) is 54.7 Å². The summed E-state index contributed by atoms with van der Waals surface area (Å²) in [6.45, 7) is 1.64. The Morgan fingerprint density at radius 2 is 1.82 bits per heavy atom. The van der Waals surface area contributed by atoms with Gasteiger partial charge in [-0.3, -0.25) is 4.79 Å². The maximum absolute atomic E-state index is 14.9. The molecule has 0 unspecified atom stereocenters. The highest BCUT2D eigenvalue weighted by molar-refractivity contribution is 5.97. The summed E-state index contributed by atoms with van der Waals surface area (Å²) in [6, 6.07) is 11.9. The van der Waals surface area contributed by atoms with Gasteiger partial charge in [0.2, 0.25) is 0 Å². The van der Waals surface area contributed by atoms with Crippen molar-refractivity contribution in [1.82, 2.24) is 9.88 Å². The van der Waals surface area contributed by atoms with Crippen LogP contribution in [0.1, 0.15) is 45.5 Å². The molecule has 2 aromatic carbocycles. The van der Waals surface area contributed by atoms with E-state index in [4.69, 9.17) is 0 Å². The molecular formula is C26H25F2N3O3. The molecule has 0 radical (unpaired) electrons. The number of pyridine rings is 1. The number of carbonyl (C=O) groups excluding carboxylic acids is 2. The summed E-state index contributed by atoms with van der Waals surface area (Å²) in [5.74, 6) is -1.66. The van der Waals surface area contributed by atoms with E-state index < -0.39 is 17.6 Å². The monoisotopic (exact) mass is 465 g/mol. The molecule has 1 aliphatic heterocycles. The first-order valence-corrected chi connectivity index (χ1v) is 11.1. The molecule has 0 aliphatic carbocycles. The van der Waals surface area contributed by atoms with Gasteiger partial charge in [0.05, 0.1) is 7.11 Å². The second kappa shape index (κ2) is 10.4. The first kappa shape index (κ1) is 23.4. The molecule has 4 rings (SSSR count). The molecule has 1 aromatic heterocycles. The van der Waals surface area contributed by atoms with Gasteiger partial charge in [0.1, 0.15) is 23.0 Å². The van der Waals surface area contributed by atoms with Gasteiger partial charge in [-0.05, 0) is 54.7 Å². The molecule has 0 atom stereocenters. The normalized spacial score (nSPS) is 13.4. The van der Waals surface area contributed by atoms with Crippen molar-refractivity contribution in [3.63, 3.8) is 0 Å². The van der Waals surface area contributed by atoms with Crippen molar-refractivity contribution in [2.24, 2.45) is 0 Å². The van der Waals surface area contributed by atoms with E-state index in [1.807, 2.05) is 4.90 Å². The molecule has 1 amide bonds. The number of nitrogens with zero attached hydrogens (tertiary/aromatic N) is 2. The van der Waals surface area contributed by atoms with Gasteiger partial charge in [0.25, 0.3) is 5.91 Å². The predicted molar refractivity (Wildman–Crippen MR) is 124 cm³/mol. The Bertz CT molecular complexity index is 1210. The van der Waals surface area contributed by atoms with E-state index in [1.54, 1.807) is 30.5 Å². The minimum atomic E-state index is -0.829. The number of likely N-dealkylation sites (tertiary alicyclic amines) is 1. The Balaban J connectivity index is 1.49. The Kier molecular flexibility index (Phi) is 7.15. The molecule has 176 valence electrons. The lowest BCUT2D eigenvalue weighted by atomic mass is 9.98. The third kappa shape index (κ3) is 5.06. The highest BCUT2D eigenvalue weighted by atomic mass is 19.1. The van der Waals surface area contributed by atoms with Crippen LogP contribution in [-0.4, -0.2) is 42.0 Å². The maximum atomic E-state index is 14.9. The summed E-state index contributed by atoms with van der Waals surface area (Å²) in [5, 5.41) is 3.05. The van der Waals surface area contributed by atoms with Crippen LogP contribution in [0, 0.1) is 11.6 Å². The second-order valence-corrected chi connectivity index (χ2v) is 8.10. The van der Waals surface area contributed by atoms with Gasteiger partial charge in [-0.15, -0.1) is 0 Å². The fourth-order valence-electron chi connectivity index (χ4n) is 4.06. The molecular weight excluding hydrogens is 440 g/mol. The zero-order valence-electron chi connectivity index (χ0n) is 18.8. The van der Waals surface area contributed by atoms with Gasteiger partial charge in [-0.2, -0.15) is 0 Å². The highest BCUT2D eigenvalue weighted by Crippen LogP contribution is 2.28. The molecule has 1 aliphatic rings. The van der Waals surface area contributed by atoms with E-state index in [0.29, 0.717) is 22.5 Å². The average molecular weight is 466 g/mol. The van der Waals surface area contributed by atoms with Crippen LogP contribution < -0.4 is 5.32 Å². The van der Waals surface area contributed by atoms with Gasteiger partial charge in [0, 0.05) is 37.0 Å². The number of piperidine rings is 1. The fraction of sp³-hybridized carbons (Fsp3) is 0.269.